The third-order valence-electron chi connectivity index (χ3n) is 2.45. The van der Waals surface area contributed by atoms with Gasteiger partial charge in [0.15, 0.2) is 6.10 Å². The summed E-state index contributed by atoms with van der Waals surface area (Å²) in [6, 6.07) is 4.32. The van der Waals surface area contributed by atoms with E-state index in [-0.39, 0.29) is 5.56 Å². The highest BCUT2D eigenvalue weighted by Gasteiger charge is 2.15. The first-order valence-corrected chi connectivity index (χ1v) is 5.80. The fourth-order valence-corrected chi connectivity index (χ4v) is 1.30. The first kappa shape index (κ1) is 16.4. The van der Waals surface area contributed by atoms with Gasteiger partial charge in [-0.05, 0) is 17.7 Å². The number of carbonyl (C=O) groups is 3. The lowest BCUT2D eigenvalue weighted by Crippen LogP contribution is -2.36. The summed E-state index contributed by atoms with van der Waals surface area (Å²) in [7, 11) is 0. The predicted molar refractivity (Wildman–Crippen MR) is 71.2 cm³/mol. The molecule has 0 aromatic heterocycles. The zero-order valence-electron chi connectivity index (χ0n) is 10.9. The highest BCUT2D eigenvalue weighted by Crippen LogP contribution is 2.16. The molecule has 1 unspecified atom stereocenters. The number of hydrogen-bond donors (Lipinski definition) is 5. The van der Waals surface area contributed by atoms with Crippen molar-refractivity contribution in [1.82, 2.24) is 0 Å². The minimum atomic E-state index is -1.43. The van der Waals surface area contributed by atoms with Crippen LogP contribution in [0.4, 0.5) is 10.5 Å². The molecule has 0 aliphatic rings. The van der Waals surface area contributed by atoms with E-state index in [0.29, 0.717) is 5.69 Å². The van der Waals surface area contributed by atoms with Gasteiger partial charge in [0.2, 0.25) is 0 Å². The molecule has 0 aliphatic carbocycles. The number of ether oxygens (including phenoxy) is 1. The molecule has 0 saturated heterocycles. The largest absolute Gasteiger partial charge is 0.480 e. The minimum absolute atomic E-state index is 0.273. The van der Waals surface area contributed by atoms with Gasteiger partial charge in [-0.1, -0.05) is 12.1 Å². The summed E-state index contributed by atoms with van der Waals surface area (Å²) in [5.74, 6) is -2.18. The molecule has 21 heavy (non-hydrogen) atoms. The lowest BCUT2D eigenvalue weighted by molar-refractivity contribution is -0.139. The van der Waals surface area contributed by atoms with Gasteiger partial charge in [-0.15, -0.1) is 0 Å². The van der Waals surface area contributed by atoms with Crippen LogP contribution < -0.4 is 16.8 Å². The fourth-order valence-electron chi connectivity index (χ4n) is 1.30. The van der Waals surface area contributed by atoms with Crippen LogP contribution in [0.5, 0.6) is 0 Å². The number of anilines is 1. The lowest BCUT2D eigenvalue weighted by Gasteiger charge is -2.10. The summed E-state index contributed by atoms with van der Waals surface area (Å²) in [6.45, 7) is -0.473. The third kappa shape index (κ3) is 5.09. The number of primary amides is 1. The molecule has 2 atom stereocenters. The van der Waals surface area contributed by atoms with Crippen molar-refractivity contribution in [2.24, 2.45) is 11.5 Å². The minimum Gasteiger partial charge on any atom is -0.480 e. The predicted octanol–water partition coefficient (Wildman–Crippen LogP) is -0.834. The highest BCUT2D eigenvalue weighted by atomic mass is 16.5. The highest BCUT2D eigenvalue weighted by molar-refractivity contribution is 5.85. The number of aliphatic hydroxyl groups is 1. The second-order valence-corrected chi connectivity index (χ2v) is 4.10. The van der Waals surface area contributed by atoms with Crippen LogP contribution in [-0.2, 0) is 14.3 Å². The second kappa shape index (κ2) is 7.22. The zero-order valence-corrected chi connectivity index (χ0v) is 10.9. The van der Waals surface area contributed by atoms with Crippen LogP contribution in [0.25, 0.3) is 0 Å². The molecule has 0 heterocycles. The van der Waals surface area contributed by atoms with E-state index in [1.165, 1.54) is 24.3 Å². The van der Waals surface area contributed by atoms with Crippen molar-refractivity contribution in [3.05, 3.63) is 29.8 Å². The Balaban J connectivity index is 2.54. The summed E-state index contributed by atoms with van der Waals surface area (Å²) in [4.78, 5) is 32.6. The van der Waals surface area contributed by atoms with E-state index >= 15 is 0 Å². The third-order valence-corrected chi connectivity index (χ3v) is 2.45. The monoisotopic (exact) mass is 297 g/mol. The van der Waals surface area contributed by atoms with Gasteiger partial charge in [0.25, 0.3) is 5.91 Å². The Morgan fingerprint density at radius 1 is 1.24 bits per heavy atom. The summed E-state index contributed by atoms with van der Waals surface area (Å²) < 4.78 is 4.61. The van der Waals surface area contributed by atoms with E-state index < -0.39 is 36.7 Å². The molecule has 1 aromatic rings. The van der Waals surface area contributed by atoms with E-state index in [4.69, 9.17) is 16.6 Å². The average molecular weight is 297 g/mol. The molecule has 1 aromatic carbocycles. The topological polar surface area (TPSA) is 165 Å². The number of carboxylic acid groups (broad SMARTS) is 1. The Kier molecular flexibility index (Phi) is 5.64. The molecule has 2 amide bonds. The number of rotatable bonds is 6. The fraction of sp³-hybridized carbons (Fsp3) is 0.250. The van der Waals surface area contributed by atoms with Crippen LogP contribution in [-0.4, -0.2) is 40.8 Å². The number of hydrogen-bond acceptors (Lipinski definition) is 6. The molecule has 0 fully saturated rings. The number of nitrogens with one attached hydrogen (secondary N) is 1. The Labute approximate surface area is 119 Å². The van der Waals surface area contributed by atoms with Crippen LogP contribution >= 0.6 is 0 Å². The van der Waals surface area contributed by atoms with Gasteiger partial charge in [0.05, 0.1) is 0 Å². The number of benzene rings is 1. The molecular formula is C12H15N3O6. The Morgan fingerprint density at radius 3 is 2.29 bits per heavy atom. The summed E-state index contributed by atoms with van der Waals surface area (Å²) >= 11 is 0. The second-order valence-electron chi connectivity index (χ2n) is 4.10. The maximum Gasteiger partial charge on any atom is 0.411 e. The molecule has 114 valence electrons. The Morgan fingerprint density at radius 2 is 1.81 bits per heavy atom. The summed E-state index contributed by atoms with van der Waals surface area (Å²) in [6.07, 6.45) is -2.31. The first-order chi connectivity index (χ1) is 9.81. The van der Waals surface area contributed by atoms with Crippen LogP contribution in [0.1, 0.15) is 11.7 Å². The lowest BCUT2D eigenvalue weighted by atomic mass is 10.1. The Hall–Kier alpha value is -2.65. The van der Waals surface area contributed by atoms with Crippen molar-refractivity contribution in [2.75, 3.05) is 11.9 Å². The van der Waals surface area contributed by atoms with Crippen molar-refractivity contribution in [3.8, 4) is 0 Å². The molecule has 9 heteroatoms. The molecule has 0 saturated carbocycles. The summed E-state index contributed by atoms with van der Waals surface area (Å²) in [5, 5.41) is 20.2. The van der Waals surface area contributed by atoms with E-state index in [1.807, 2.05) is 0 Å². The van der Waals surface area contributed by atoms with Crippen LogP contribution in [0, 0.1) is 0 Å². The quantitative estimate of drug-likeness (QED) is 0.456. The van der Waals surface area contributed by atoms with E-state index in [1.54, 1.807) is 0 Å². The maximum atomic E-state index is 11.4. The summed E-state index contributed by atoms with van der Waals surface area (Å²) in [5.41, 5.74) is 10.7. The number of carbonyl (C=O) groups excluding carboxylic acids is 2. The maximum absolute atomic E-state index is 11.4. The van der Waals surface area contributed by atoms with Gasteiger partial charge in [0, 0.05) is 5.69 Å². The van der Waals surface area contributed by atoms with Crippen molar-refractivity contribution in [2.45, 2.75) is 12.1 Å². The van der Waals surface area contributed by atoms with Gasteiger partial charge in [0.1, 0.15) is 12.6 Å². The standard InChI is InChI=1S/C12H15N3O6/c13-8(11(18)19)5-21-12(20)15-7-3-1-6(2-4-7)9(16)10(14)17/h1-4,8-9,16H,5,13H2,(H2,14,17)(H,15,20)(H,18,19)/t8-,9?/m1/s1. The van der Waals surface area contributed by atoms with E-state index in [9.17, 15) is 19.5 Å². The zero-order chi connectivity index (χ0) is 16.0. The number of nitrogens with two attached hydrogens (primary N) is 2. The van der Waals surface area contributed by atoms with E-state index in [0.717, 1.165) is 0 Å². The van der Waals surface area contributed by atoms with Crippen LogP contribution in [0.15, 0.2) is 24.3 Å². The van der Waals surface area contributed by atoms with Gasteiger partial charge in [-0.3, -0.25) is 14.9 Å². The Bertz CT molecular complexity index is 530. The van der Waals surface area contributed by atoms with E-state index in [2.05, 4.69) is 10.1 Å². The van der Waals surface area contributed by atoms with Gasteiger partial charge in [-0.25, -0.2) is 4.79 Å². The molecule has 0 aliphatic heterocycles. The number of amides is 2. The van der Waals surface area contributed by atoms with Crippen molar-refractivity contribution < 1.29 is 29.3 Å². The van der Waals surface area contributed by atoms with Crippen molar-refractivity contribution >= 4 is 23.7 Å². The molecule has 0 bridgehead atoms. The number of aliphatic carboxylic acids is 1. The molecule has 7 N–H and O–H groups in total. The van der Waals surface area contributed by atoms with Crippen molar-refractivity contribution in [1.29, 1.82) is 0 Å². The molecule has 0 radical (unpaired) electrons. The smallest absolute Gasteiger partial charge is 0.411 e. The number of aliphatic hydroxyl groups excluding tert-OH is 1. The first-order valence-electron chi connectivity index (χ1n) is 5.80. The normalized spacial score (nSPS) is 13.0. The number of carboxylic acids is 1. The van der Waals surface area contributed by atoms with Gasteiger partial charge < -0.3 is 26.4 Å². The van der Waals surface area contributed by atoms with Crippen molar-refractivity contribution in [3.63, 3.8) is 0 Å². The average Bonchev–Trinajstić information content (AvgIpc) is 2.44. The SMILES string of the molecule is NC(=O)C(O)c1ccc(NC(=O)OC[C@@H](N)C(=O)O)cc1. The van der Waals surface area contributed by atoms with Gasteiger partial charge in [-0.2, -0.15) is 0 Å². The van der Waals surface area contributed by atoms with Crippen LogP contribution in [0.2, 0.25) is 0 Å². The molecular weight excluding hydrogens is 282 g/mol. The van der Waals surface area contributed by atoms with Crippen LogP contribution in [0.3, 0.4) is 0 Å². The van der Waals surface area contributed by atoms with Gasteiger partial charge >= 0.3 is 12.1 Å². The molecule has 9 nitrogen and oxygen atoms in total. The molecule has 1 rings (SSSR count). The molecule has 0 spiro atoms.